The van der Waals surface area contributed by atoms with Gasteiger partial charge in [0.05, 0.1) is 18.7 Å². The van der Waals surface area contributed by atoms with Gasteiger partial charge in [-0.15, -0.1) is 0 Å². The van der Waals surface area contributed by atoms with Crippen LogP contribution in [-0.2, 0) is 14.4 Å². The van der Waals surface area contributed by atoms with Gasteiger partial charge in [0, 0.05) is 17.9 Å². The largest absolute Gasteiger partial charge is 0.466 e. The maximum absolute atomic E-state index is 12.0. The van der Waals surface area contributed by atoms with Crippen LogP contribution in [0.3, 0.4) is 0 Å². The number of carbonyl (C=O) groups is 1. The fourth-order valence-corrected chi connectivity index (χ4v) is 2.81. The van der Waals surface area contributed by atoms with Crippen molar-refractivity contribution in [3.8, 4) is 0 Å². The molecular weight excluding hydrogens is 220 g/mol. The fourth-order valence-electron chi connectivity index (χ4n) is 2.81. The Morgan fingerprint density at radius 1 is 1.59 bits per heavy atom. The highest BCUT2D eigenvalue weighted by molar-refractivity contribution is 5.99. The first kappa shape index (κ1) is 12.4. The van der Waals surface area contributed by atoms with Crippen molar-refractivity contribution in [1.29, 1.82) is 0 Å². The molecule has 2 aliphatic rings. The second-order valence-corrected chi connectivity index (χ2v) is 5.88. The highest BCUT2D eigenvalue weighted by Crippen LogP contribution is 2.47. The smallest absolute Gasteiger partial charge is 0.353 e. The number of hydrogen-bond donors (Lipinski definition) is 1. The van der Waals surface area contributed by atoms with Gasteiger partial charge in [0.2, 0.25) is 5.60 Å². The Kier molecular flexibility index (Phi) is 2.69. The lowest BCUT2D eigenvalue weighted by Gasteiger charge is -2.29. The van der Waals surface area contributed by atoms with Gasteiger partial charge in [0.25, 0.3) is 0 Å². The molecule has 2 rings (SSSR count). The Labute approximate surface area is 101 Å². The Balaban J connectivity index is 2.38. The van der Waals surface area contributed by atoms with Crippen LogP contribution in [0.2, 0.25) is 0 Å². The van der Waals surface area contributed by atoms with Gasteiger partial charge in [-0.2, -0.15) is 0 Å². The van der Waals surface area contributed by atoms with E-state index >= 15 is 0 Å². The number of esters is 1. The van der Waals surface area contributed by atoms with Gasteiger partial charge in [-0.3, -0.25) is 0 Å². The van der Waals surface area contributed by atoms with Crippen LogP contribution in [0.1, 0.15) is 33.6 Å². The SMILES string of the molecule is COC(=O)C12CCC(N)C1C(C(C)(C)C)=NO2. The number of oxime groups is 1. The Morgan fingerprint density at radius 2 is 2.24 bits per heavy atom. The van der Waals surface area contributed by atoms with E-state index in [1.165, 1.54) is 7.11 Å². The van der Waals surface area contributed by atoms with E-state index in [-0.39, 0.29) is 23.3 Å². The predicted molar refractivity (Wildman–Crippen MR) is 63.4 cm³/mol. The van der Waals surface area contributed by atoms with Gasteiger partial charge in [0.1, 0.15) is 0 Å². The molecule has 2 N–H and O–H groups in total. The summed E-state index contributed by atoms with van der Waals surface area (Å²) in [7, 11) is 1.37. The van der Waals surface area contributed by atoms with Crippen molar-refractivity contribution in [2.75, 3.05) is 7.11 Å². The monoisotopic (exact) mass is 240 g/mol. The van der Waals surface area contributed by atoms with E-state index in [0.29, 0.717) is 6.42 Å². The second kappa shape index (κ2) is 3.70. The number of carbonyl (C=O) groups excluding carboxylic acids is 1. The second-order valence-electron chi connectivity index (χ2n) is 5.88. The van der Waals surface area contributed by atoms with E-state index in [1.807, 2.05) is 20.8 Å². The zero-order chi connectivity index (χ0) is 12.8. The van der Waals surface area contributed by atoms with Crippen LogP contribution in [0.25, 0.3) is 0 Å². The average molecular weight is 240 g/mol. The van der Waals surface area contributed by atoms with Crippen molar-refractivity contribution in [1.82, 2.24) is 0 Å². The summed E-state index contributed by atoms with van der Waals surface area (Å²) < 4.78 is 4.86. The summed E-state index contributed by atoms with van der Waals surface area (Å²) in [5.74, 6) is -0.520. The Bertz CT molecular complexity index is 372. The number of nitrogens with zero attached hydrogens (tertiary/aromatic N) is 1. The first-order valence-corrected chi connectivity index (χ1v) is 5.93. The summed E-state index contributed by atoms with van der Waals surface area (Å²) in [4.78, 5) is 17.4. The topological polar surface area (TPSA) is 73.9 Å². The van der Waals surface area contributed by atoms with Crippen LogP contribution in [0.5, 0.6) is 0 Å². The molecule has 0 saturated heterocycles. The number of fused-ring (bicyclic) bond motifs is 1. The normalized spacial score (nSPS) is 36.2. The minimum absolute atomic E-state index is 0.0884. The van der Waals surface area contributed by atoms with Gasteiger partial charge < -0.3 is 15.3 Å². The standard InChI is InChI=1S/C12H20N2O3/c1-11(2,3)9-8-7(13)5-6-12(8,17-14-9)10(15)16-4/h7-8H,5-6,13H2,1-4H3. The molecule has 3 atom stereocenters. The van der Waals surface area contributed by atoms with Gasteiger partial charge in [-0.25, -0.2) is 4.79 Å². The molecule has 17 heavy (non-hydrogen) atoms. The molecule has 96 valence electrons. The molecule has 1 aliphatic heterocycles. The number of hydrogen-bond acceptors (Lipinski definition) is 5. The molecule has 1 heterocycles. The van der Waals surface area contributed by atoms with Crippen molar-refractivity contribution in [3.63, 3.8) is 0 Å². The summed E-state index contributed by atoms with van der Waals surface area (Å²) in [5, 5.41) is 4.12. The van der Waals surface area contributed by atoms with Crippen molar-refractivity contribution in [3.05, 3.63) is 0 Å². The number of rotatable bonds is 1. The maximum Gasteiger partial charge on any atom is 0.353 e. The fraction of sp³-hybridized carbons (Fsp3) is 0.833. The molecule has 0 amide bonds. The van der Waals surface area contributed by atoms with E-state index in [0.717, 1.165) is 12.1 Å². The van der Waals surface area contributed by atoms with Crippen molar-refractivity contribution in [2.24, 2.45) is 22.2 Å². The summed E-state index contributed by atoms with van der Waals surface area (Å²) >= 11 is 0. The molecule has 5 heteroatoms. The quantitative estimate of drug-likeness (QED) is 0.696. The van der Waals surface area contributed by atoms with Crippen LogP contribution in [0.15, 0.2) is 5.16 Å². The number of methoxy groups -OCH3 is 1. The summed E-state index contributed by atoms with van der Waals surface area (Å²) in [6.45, 7) is 6.15. The summed E-state index contributed by atoms with van der Waals surface area (Å²) in [6.07, 6.45) is 1.34. The third-order valence-corrected chi connectivity index (χ3v) is 3.68. The predicted octanol–water partition coefficient (Wildman–Crippen LogP) is 1.07. The molecule has 1 aliphatic carbocycles. The van der Waals surface area contributed by atoms with Gasteiger partial charge in [-0.1, -0.05) is 25.9 Å². The van der Waals surface area contributed by atoms with Crippen LogP contribution in [-0.4, -0.2) is 30.4 Å². The third kappa shape index (κ3) is 1.64. The number of ether oxygens (including phenoxy) is 1. The summed E-state index contributed by atoms with van der Waals surface area (Å²) in [5.41, 5.74) is 5.86. The highest BCUT2D eigenvalue weighted by atomic mass is 16.7. The van der Waals surface area contributed by atoms with Crippen molar-refractivity contribution < 1.29 is 14.4 Å². The van der Waals surface area contributed by atoms with Crippen LogP contribution in [0.4, 0.5) is 0 Å². The Morgan fingerprint density at radius 3 is 2.76 bits per heavy atom. The van der Waals surface area contributed by atoms with E-state index in [2.05, 4.69) is 5.16 Å². The summed E-state index contributed by atoms with van der Waals surface area (Å²) in [6, 6.07) is -0.0884. The lowest BCUT2D eigenvalue weighted by atomic mass is 9.75. The van der Waals surface area contributed by atoms with Crippen LogP contribution >= 0.6 is 0 Å². The molecule has 0 radical (unpaired) electrons. The Hall–Kier alpha value is -1.10. The van der Waals surface area contributed by atoms with Crippen molar-refractivity contribution >= 4 is 11.7 Å². The van der Waals surface area contributed by atoms with E-state index in [1.54, 1.807) is 0 Å². The molecule has 3 unspecified atom stereocenters. The third-order valence-electron chi connectivity index (χ3n) is 3.68. The van der Waals surface area contributed by atoms with Crippen LogP contribution < -0.4 is 5.73 Å². The van der Waals surface area contributed by atoms with Gasteiger partial charge in [-0.05, 0) is 6.42 Å². The van der Waals surface area contributed by atoms with E-state index in [9.17, 15) is 4.79 Å². The van der Waals surface area contributed by atoms with E-state index < -0.39 is 5.60 Å². The maximum atomic E-state index is 12.0. The van der Waals surface area contributed by atoms with Gasteiger partial charge >= 0.3 is 5.97 Å². The average Bonchev–Trinajstić information content (AvgIpc) is 2.76. The lowest BCUT2D eigenvalue weighted by Crippen LogP contribution is -2.50. The lowest BCUT2D eigenvalue weighted by molar-refractivity contribution is -0.168. The highest BCUT2D eigenvalue weighted by Gasteiger charge is 2.63. The molecule has 0 bridgehead atoms. The minimum Gasteiger partial charge on any atom is -0.466 e. The van der Waals surface area contributed by atoms with Crippen molar-refractivity contribution in [2.45, 2.75) is 45.3 Å². The van der Waals surface area contributed by atoms with Crippen LogP contribution in [0, 0.1) is 11.3 Å². The molecule has 1 fully saturated rings. The molecule has 0 aromatic heterocycles. The molecule has 1 saturated carbocycles. The molecule has 5 nitrogen and oxygen atoms in total. The molecule has 0 aromatic rings. The first-order chi connectivity index (χ1) is 7.83. The number of nitrogens with two attached hydrogens (primary N) is 1. The molecule has 0 spiro atoms. The first-order valence-electron chi connectivity index (χ1n) is 5.93. The molecular formula is C12H20N2O3. The molecule has 0 aromatic carbocycles. The zero-order valence-corrected chi connectivity index (χ0v) is 10.8. The minimum atomic E-state index is -0.975. The zero-order valence-electron chi connectivity index (χ0n) is 10.8. The van der Waals surface area contributed by atoms with E-state index in [4.69, 9.17) is 15.3 Å². The van der Waals surface area contributed by atoms with Gasteiger partial charge in [0.15, 0.2) is 0 Å².